The Bertz CT molecular complexity index is 226. The molecule has 1 aliphatic carbocycles. The number of carbonyl (C=O) groups is 1. The van der Waals surface area contributed by atoms with Gasteiger partial charge >= 0.3 is 6.03 Å². The van der Waals surface area contributed by atoms with Crippen LogP contribution in [0.3, 0.4) is 0 Å². The molecule has 2 aliphatic rings. The van der Waals surface area contributed by atoms with Crippen molar-refractivity contribution in [2.75, 3.05) is 19.6 Å². The molecule has 3 N–H and O–H groups in total. The van der Waals surface area contributed by atoms with Crippen molar-refractivity contribution in [1.82, 2.24) is 10.2 Å². The molecule has 0 radical (unpaired) electrons. The van der Waals surface area contributed by atoms with E-state index in [0.717, 1.165) is 13.1 Å². The zero-order chi connectivity index (χ0) is 10.7. The third kappa shape index (κ3) is 2.25. The van der Waals surface area contributed by atoms with Crippen LogP contribution < -0.4 is 11.1 Å². The van der Waals surface area contributed by atoms with Gasteiger partial charge in [0.1, 0.15) is 0 Å². The van der Waals surface area contributed by atoms with Crippen molar-refractivity contribution in [2.24, 2.45) is 11.7 Å². The second-order valence-electron chi connectivity index (χ2n) is 4.63. The lowest BCUT2D eigenvalue weighted by molar-refractivity contribution is 0.154. The molecule has 1 atom stereocenters. The lowest BCUT2D eigenvalue weighted by Gasteiger charge is -2.35. The van der Waals surface area contributed by atoms with Gasteiger partial charge in [0.25, 0.3) is 0 Å². The van der Waals surface area contributed by atoms with Crippen molar-refractivity contribution in [3.63, 3.8) is 0 Å². The molecule has 1 heterocycles. The molecule has 4 nitrogen and oxygen atoms in total. The van der Waals surface area contributed by atoms with Crippen molar-refractivity contribution in [3.8, 4) is 0 Å². The summed E-state index contributed by atoms with van der Waals surface area (Å²) in [4.78, 5) is 13.5. The molecular formula is C11H21N3O. The lowest BCUT2D eigenvalue weighted by atomic mass is 9.83. The number of rotatable bonds is 3. The molecule has 1 unspecified atom stereocenters. The Balaban J connectivity index is 1.98. The third-order valence-corrected chi connectivity index (χ3v) is 3.73. The zero-order valence-corrected chi connectivity index (χ0v) is 9.24. The number of nitrogens with zero attached hydrogens (tertiary/aromatic N) is 1. The SMILES string of the molecule is NCC(C1CCCCC1)N1CCNC1=O. The summed E-state index contributed by atoms with van der Waals surface area (Å²) < 4.78 is 0. The molecule has 1 saturated heterocycles. The molecule has 1 aliphatic heterocycles. The Kier molecular flexibility index (Phi) is 3.46. The Morgan fingerprint density at radius 3 is 2.67 bits per heavy atom. The van der Waals surface area contributed by atoms with E-state index in [1.807, 2.05) is 4.90 Å². The monoisotopic (exact) mass is 211 g/mol. The predicted octanol–water partition coefficient (Wildman–Crippen LogP) is 0.919. The van der Waals surface area contributed by atoms with Gasteiger partial charge in [-0.05, 0) is 18.8 Å². The highest BCUT2D eigenvalue weighted by Gasteiger charge is 2.32. The van der Waals surface area contributed by atoms with Crippen LogP contribution >= 0.6 is 0 Å². The summed E-state index contributed by atoms with van der Waals surface area (Å²) >= 11 is 0. The maximum absolute atomic E-state index is 11.6. The number of amides is 2. The maximum Gasteiger partial charge on any atom is 0.317 e. The Labute approximate surface area is 91.2 Å². The molecule has 2 amide bonds. The number of carbonyl (C=O) groups excluding carboxylic acids is 1. The molecule has 2 fully saturated rings. The summed E-state index contributed by atoms with van der Waals surface area (Å²) in [5.41, 5.74) is 5.82. The highest BCUT2D eigenvalue weighted by Crippen LogP contribution is 2.29. The molecule has 2 rings (SSSR count). The van der Waals surface area contributed by atoms with Gasteiger partial charge in [-0.1, -0.05) is 19.3 Å². The fourth-order valence-corrected chi connectivity index (χ4v) is 2.90. The molecule has 0 aromatic carbocycles. The van der Waals surface area contributed by atoms with E-state index >= 15 is 0 Å². The summed E-state index contributed by atoms with van der Waals surface area (Å²) in [6, 6.07) is 0.351. The quantitative estimate of drug-likeness (QED) is 0.729. The van der Waals surface area contributed by atoms with Gasteiger partial charge in [-0.2, -0.15) is 0 Å². The molecule has 0 aromatic rings. The molecule has 15 heavy (non-hydrogen) atoms. The smallest absolute Gasteiger partial charge is 0.317 e. The minimum absolute atomic E-state index is 0.0797. The van der Waals surface area contributed by atoms with Crippen molar-refractivity contribution in [3.05, 3.63) is 0 Å². The van der Waals surface area contributed by atoms with Crippen molar-refractivity contribution < 1.29 is 4.79 Å². The molecular weight excluding hydrogens is 190 g/mol. The van der Waals surface area contributed by atoms with Gasteiger partial charge in [0.15, 0.2) is 0 Å². The standard InChI is InChI=1S/C11H21N3O/c12-8-10(9-4-2-1-3-5-9)14-7-6-13-11(14)15/h9-10H,1-8,12H2,(H,13,15). The first kappa shape index (κ1) is 10.7. The van der Waals surface area contributed by atoms with E-state index < -0.39 is 0 Å². The van der Waals surface area contributed by atoms with Crippen LogP contribution in [-0.4, -0.2) is 36.6 Å². The fourth-order valence-electron chi connectivity index (χ4n) is 2.90. The molecule has 0 spiro atoms. The largest absolute Gasteiger partial charge is 0.336 e. The van der Waals surface area contributed by atoms with Crippen LogP contribution in [0, 0.1) is 5.92 Å². The van der Waals surface area contributed by atoms with Gasteiger partial charge in [-0.3, -0.25) is 0 Å². The highest BCUT2D eigenvalue weighted by atomic mass is 16.2. The van der Waals surface area contributed by atoms with E-state index in [-0.39, 0.29) is 12.1 Å². The first-order valence-electron chi connectivity index (χ1n) is 6.07. The van der Waals surface area contributed by atoms with E-state index in [1.165, 1.54) is 32.1 Å². The van der Waals surface area contributed by atoms with Crippen LogP contribution in [0.1, 0.15) is 32.1 Å². The number of nitrogens with one attached hydrogen (secondary N) is 1. The van der Waals surface area contributed by atoms with E-state index in [9.17, 15) is 4.79 Å². The second-order valence-corrected chi connectivity index (χ2v) is 4.63. The molecule has 86 valence electrons. The fraction of sp³-hybridized carbons (Fsp3) is 0.909. The first-order valence-corrected chi connectivity index (χ1v) is 6.07. The molecule has 0 aromatic heterocycles. The second kappa shape index (κ2) is 4.84. The minimum Gasteiger partial charge on any atom is -0.336 e. The zero-order valence-electron chi connectivity index (χ0n) is 9.24. The van der Waals surface area contributed by atoms with E-state index in [2.05, 4.69) is 5.32 Å². The van der Waals surface area contributed by atoms with Crippen LogP contribution in [-0.2, 0) is 0 Å². The van der Waals surface area contributed by atoms with Crippen LogP contribution in [0.25, 0.3) is 0 Å². The van der Waals surface area contributed by atoms with E-state index in [0.29, 0.717) is 12.5 Å². The predicted molar refractivity (Wildman–Crippen MR) is 59.5 cm³/mol. The number of hydrogen-bond donors (Lipinski definition) is 2. The van der Waals surface area contributed by atoms with Crippen LogP contribution in [0.4, 0.5) is 4.79 Å². The van der Waals surface area contributed by atoms with Gasteiger partial charge in [-0.25, -0.2) is 4.79 Å². The number of urea groups is 1. The summed E-state index contributed by atoms with van der Waals surface area (Å²) in [5, 5.41) is 2.85. The van der Waals surface area contributed by atoms with Gasteiger partial charge < -0.3 is 16.0 Å². The van der Waals surface area contributed by atoms with Gasteiger partial charge in [0, 0.05) is 25.7 Å². The average molecular weight is 211 g/mol. The summed E-state index contributed by atoms with van der Waals surface area (Å²) in [5.74, 6) is 0.632. The van der Waals surface area contributed by atoms with Crippen molar-refractivity contribution >= 4 is 6.03 Å². The topological polar surface area (TPSA) is 58.4 Å². The van der Waals surface area contributed by atoms with Gasteiger partial charge in [0.2, 0.25) is 0 Å². The van der Waals surface area contributed by atoms with Crippen LogP contribution in [0.2, 0.25) is 0 Å². The number of hydrogen-bond acceptors (Lipinski definition) is 2. The lowest BCUT2D eigenvalue weighted by Crippen LogP contribution is -2.47. The summed E-state index contributed by atoms with van der Waals surface area (Å²) in [6.07, 6.45) is 6.44. The van der Waals surface area contributed by atoms with E-state index in [4.69, 9.17) is 5.73 Å². The Morgan fingerprint density at radius 2 is 2.13 bits per heavy atom. The summed E-state index contributed by atoms with van der Waals surface area (Å²) in [6.45, 7) is 2.22. The molecule has 0 bridgehead atoms. The average Bonchev–Trinajstić information content (AvgIpc) is 2.68. The van der Waals surface area contributed by atoms with Gasteiger partial charge in [-0.15, -0.1) is 0 Å². The third-order valence-electron chi connectivity index (χ3n) is 3.73. The Morgan fingerprint density at radius 1 is 1.40 bits per heavy atom. The Hall–Kier alpha value is -0.770. The summed E-state index contributed by atoms with van der Waals surface area (Å²) in [7, 11) is 0. The molecule has 1 saturated carbocycles. The van der Waals surface area contributed by atoms with Crippen LogP contribution in [0.5, 0.6) is 0 Å². The minimum atomic E-state index is 0.0797. The highest BCUT2D eigenvalue weighted by molar-refractivity contribution is 5.76. The first-order chi connectivity index (χ1) is 7.33. The normalized spacial score (nSPS) is 25.4. The molecule has 4 heteroatoms. The van der Waals surface area contributed by atoms with Crippen molar-refractivity contribution in [2.45, 2.75) is 38.1 Å². The van der Waals surface area contributed by atoms with Gasteiger partial charge in [0.05, 0.1) is 0 Å². The number of nitrogens with two attached hydrogens (primary N) is 1. The van der Waals surface area contributed by atoms with Crippen LogP contribution in [0.15, 0.2) is 0 Å². The van der Waals surface area contributed by atoms with Crippen molar-refractivity contribution in [1.29, 1.82) is 0 Å². The maximum atomic E-state index is 11.6. The van der Waals surface area contributed by atoms with E-state index in [1.54, 1.807) is 0 Å².